The van der Waals surface area contributed by atoms with Crippen LogP contribution >= 0.6 is 0 Å². The van der Waals surface area contributed by atoms with Crippen molar-refractivity contribution in [2.75, 3.05) is 0 Å². The molecule has 0 fully saturated rings. The van der Waals surface area contributed by atoms with Gasteiger partial charge in [0.15, 0.2) is 11.5 Å². The van der Waals surface area contributed by atoms with Crippen molar-refractivity contribution in [1.29, 1.82) is 5.26 Å². The van der Waals surface area contributed by atoms with E-state index in [0.29, 0.717) is 0 Å². The summed E-state index contributed by atoms with van der Waals surface area (Å²) in [4.78, 5) is 11.0. The number of halogens is 2. The lowest BCUT2D eigenvalue weighted by molar-refractivity contribution is 0.0996. The second-order valence-corrected chi connectivity index (χ2v) is 3.28. The van der Waals surface area contributed by atoms with Crippen molar-refractivity contribution in [3.05, 3.63) is 35.0 Å². The van der Waals surface area contributed by atoms with E-state index in [1.165, 1.54) is 0 Å². The quantitative estimate of drug-likeness (QED) is 0.817. The van der Waals surface area contributed by atoms with Gasteiger partial charge in [0.05, 0.1) is 11.1 Å². The van der Waals surface area contributed by atoms with Crippen LogP contribution in [0.5, 0.6) is 0 Å². The van der Waals surface area contributed by atoms with Gasteiger partial charge in [-0.05, 0) is 12.1 Å². The SMILES string of the molecule is N#Cc1ccc(F)c(-c2n[nH]nc2C(N)=O)c1F. The van der Waals surface area contributed by atoms with Crippen LogP contribution in [0.15, 0.2) is 12.1 Å². The molecule has 0 aliphatic heterocycles. The predicted octanol–water partition coefficient (Wildman–Crippen LogP) is 0.720. The molecule has 0 unspecified atom stereocenters. The van der Waals surface area contributed by atoms with Crippen molar-refractivity contribution in [1.82, 2.24) is 15.4 Å². The fraction of sp³-hybridized carbons (Fsp3) is 0. The zero-order chi connectivity index (χ0) is 13.3. The Balaban J connectivity index is 2.75. The number of aromatic amines is 1. The summed E-state index contributed by atoms with van der Waals surface area (Å²) in [5.41, 5.74) is 3.24. The highest BCUT2D eigenvalue weighted by Gasteiger charge is 2.23. The van der Waals surface area contributed by atoms with Gasteiger partial charge >= 0.3 is 0 Å². The van der Waals surface area contributed by atoms with Crippen LogP contribution in [0.4, 0.5) is 8.78 Å². The summed E-state index contributed by atoms with van der Waals surface area (Å²) in [5.74, 6) is -3.07. The number of carbonyl (C=O) groups is 1. The largest absolute Gasteiger partial charge is 0.364 e. The normalized spacial score (nSPS) is 10.1. The molecule has 0 bridgehead atoms. The molecule has 0 saturated heterocycles. The molecule has 0 radical (unpaired) electrons. The Hall–Kier alpha value is -2.82. The van der Waals surface area contributed by atoms with Gasteiger partial charge in [0, 0.05) is 0 Å². The monoisotopic (exact) mass is 249 g/mol. The number of rotatable bonds is 2. The average molecular weight is 249 g/mol. The molecule has 3 N–H and O–H groups in total. The highest BCUT2D eigenvalue weighted by molar-refractivity contribution is 5.96. The molecule has 90 valence electrons. The minimum absolute atomic E-state index is 0.366. The van der Waals surface area contributed by atoms with E-state index in [0.717, 1.165) is 12.1 Å². The first-order chi connectivity index (χ1) is 8.56. The summed E-state index contributed by atoms with van der Waals surface area (Å²) >= 11 is 0. The van der Waals surface area contributed by atoms with Gasteiger partial charge in [0.25, 0.3) is 5.91 Å². The zero-order valence-corrected chi connectivity index (χ0v) is 8.74. The van der Waals surface area contributed by atoms with E-state index in [2.05, 4.69) is 15.4 Å². The summed E-state index contributed by atoms with van der Waals surface area (Å²) in [6.07, 6.45) is 0. The average Bonchev–Trinajstić information content (AvgIpc) is 2.78. The predicted molar refractivity (Wildman–Crippen MR) is 55.0 cm³/mol. The molecular formula is C10H5F2N5O. The van der Waals surface area contributed by atoms with E-state index in [1.54, 1.807) is 6.07 Å². The van der Waals surface area contributed by atoms with E-state index >= 15 is 0 Å². The van der Waals surface area contributed by atoms with Crippen molar-refractivity contribution < 1.29 is 13.6 Å². The van der Waals surface area contributed by atoms with E-state index < -0.39 is 28.8 Å². The lowest BCUT2D eigenvalue weighted by atomic mass is 10.0. The first-order valence-electron chi connectivity index (χ1n) is 4.65. The van der Waals surface area contributed by atoms with Gasteiger partial charge in [-0.15, -0.1) is 0 Å². The first kappa shape index (κ1) is 11.7. The summed E-state index contributed by atoms with van der Waals surface area (Å²) < 4.78 is 27.4. The number of H-pyrrole nitrogens is 1. The van der Waals surface area contributed by atoms with E-state index in [4.69, 9.17) is 11.0 Å². The zero-order valence-electron chi connectivity index (χ0n) is 8.74. The molecule has 8 heteroatoms. The van der Waals surface area contributed by atoms with Crippen LogP contribution in [-0.2, 0) is 0 Å². The molecule has 1 aromatic heterocycles. The second kappa shape index (κ2) is 4.21. The fourth-order valence-electron chi connectivity index (χ4n) is 1.43. The molecule has 1 amide bonds. The number of nitrogens with zero attached hydrogens (tertiary/aromatic N) is 3. The number of nitrogens with two attached hydrogens (primary N) is 1. The van der Waals surface area contributed by atoms with E-state index in [-0.39, 0.29) is 11.3 Å². The third-order valence-corrected chi connectivity index (χ3v) is 2.23. The molecule has 0 spiro atoms. The van der Waals surface area contributed by atoms with Crippen LogP contribution < -0.4 is 5.73 Å². The molecule has 1 aromatic carbocycles. The van der Waals surface area contributed by atoms with Gasteiger partial charge < -0.3 is 5.73 Å². The second-order valence-electron chi connectivity index (χ2n) is 3.28. The number of nitrogens with one attached hydrogen (secondary N) is 1. The maximum absolute atomic E-state index is 13.8. The Labute approximate surface area is 99.0 Å². The van der Waals surface area contributed by atoms with E-state index in [9.17, 15) is 13.6 Å². The minimum atomic E-state index is -1.12. The number of aromatic nitrogens is 3. The number of amides is 1. The Morgan fingerprint density at radius 2 is 2.11 bits per heavy atom. The summed E-state index contributed by atoms with van der Waals surface area (Å²) in [6.45, 7) is 0. The molecule has 18 heavy (non-hydrogen) atoms. The molecule has 0 aliphatic carbocycles. The van der Waals surface area contributed by atoms with Crippen molar-refractivity contribution in [2.24, 2.45) is 5.73 Å². The van der Waals surface area contributed by atoms with Crippen molar-refractivity contribution >= 4 is 5.91 Å². The van der Waals surface area contributed by atoms with Gasteiger partial charge in [0.2, 0.25) is 0 Å². The molecule has 1 heterocycles. The number of primary amides is 1. The smallest absolute Gasteiger partial charge is 0.271 e. The highest BCUT2D eigenvalue weighted by Crippen LogP contribution is 2.27. The first-order valence-corrected chi connectivity index (χ1v) is 4.65. The Morgan fingerprint density at radius 3 is 2.72 bits per heavy atom. The summed E-state index contributed by atoms with van der Waals surface area (Å²) in [7, 11) is 0. The van der Waals surface area contributed by atoms with Crippen LogP contribution in [0.25, 0.3) is 11.3 Å². The molecule has 0 atom stereocenters. The van der Waals surface area contributed by atoms with E-state index in [1.807, 2.05) is 0 Å². The number of benzene rings is 1. The third-order valence-electron chi connectivity index (χ3n) is 2.23. The lowest BCUT2D eigenvalue weighted by Gasteiger charge is -2.03. The molecule has 0 saturated carbocycles. The van der Waals surface area contributed by atoms with Gasteiger partial charge in [-0.25, -0.2) is 8.78 Å². The van der Waals surface area contributed by atoms with Gasteiger partial charge in [-0.2, -0.15) is 20.7 Å². The number of nitriles is 1. The van der Waals surface area contributed by atoms with Gasteiger partial charge in [0.1, 0.15) is 17.6 Å². The van der Waals surface area contributed by atoms with Crippen molar-refractivity contribution in [3.63, 3.8) is 0 Å². The molecule has 2 aromatic rings. The third kappa shape index (κ3) is 1.67. The number of carbonyl (C=O) groups excluding carboxylic acids is 1. The van der Waals surface area contributed by atoms with Crippen molar-refractivity contribution in [2.45, 2.75) is 0 Å². The van der Waals surface area contributed by atoms with Gasteiger partial charge in [-0.3, -0.25) is 4.79 Å². The Kier molecular flexibility index (Phi) is 2.73. The topological polar surface area (TPSA) is 108 Å². The molecule has 2 rings (SSSR count). The van der Waals surface area contributed by atoms with Crippen LogP contribution in [0.2, 0.25) is 0 Å². The van der Waals surface area contributed by atoms with Crippen LogP contribution in [-0.4, -0.2) is 21.3 Å². The van der Waals surface area contributed by atoms with Gasteiger partial charge in [-0.1, -0.05) is 0 Å². The van der Waals surface area contributed by atoms with Crippen molar-refractivity contribution in [3.8, 4) is 17.3 Å². The maximum atomic E-state index is 13.8. The fourth-order valence-corrected chi connectivity index (χ4v) is 1.43. The summed E-state index contributed by atoms with van der Waals surface area (Å²) in [5, 5.41) is 17.6. The molecule has 6 nitrogen and oxygen atoms in total. The Morgan fingerprint density at radius 1 is 1.39 bits per heavy atom. The number of hydrogen-bond acceptors (Lipinski definition) is 4. The maximum Gasteiger partial charge on any atom is 0.271 e. The van der Waals surface area contributed by atoms with Crippen LogP contribution in [0, 0.1) is 23.0 Å². The van der Waals surface area contributed by atoms with Crippen LogP contribution in [0.1, 0.15) is 16.1 Å². The highest BCUT2D eigenvalue weighted by atomic mass is 19.1. The lowest BCUT2D eigenvalue weighted by Crippen LogP contribution is -2.13. The molecular weight excluding hydrogens is 244 g/mol. The van der Waals surface area contributed by atoms with Crippen LogP contribution in [0.3, 0.4) is 0 Å². The Bertz CT molecular complexity index is 673. The molecule has 0 aliphatic rings. The standard InChI is InChI=1S/C10H5F2N5O/c11-5-2-1-4(3-13)7(12)6(5)8-9(10(14)18)16-17-15-8/h1-2H,(H2,14,18)(H,15,16,17). The number of hydrogen-bond donors (Lipinski definition) is 2. The minimum Gasteiger partial charge on any atom is -0.364 e. The summed E-state index contributed by atoms with van der Waals surface area (Å²) in [6, 6.07) is 3.44.